The Balaban J connectivity index is 1.54. The number of pyridine rings is 1. The van der Waals surface area contributed by atoms with E-state index in [9.17, 15) is 18.0 Å². The number of benzene rings is 1. The summed E-state index contributed by atoms with van der Waals surface area (Å²) in [5.41, 5.74) is -0.0546. The molecule has 1 atom stereocenters. The first kappa shape index (κ1) is 26.8. The molecule has 0 saturated carbocycles. The fourth-order valence-corrected chi connectivity index (χ4v) is 4.45. The van der Waals surface area contributed by atoms with Crippen LogP contribution in [0.2, 0.25) is 5.02 Å². The second-order valence-electron chi connectivity index (χ2n) is 9.36. The first-order valence-electron chi connectivity index (χ1n) is 12.1. The normalized spacial score (nSPS) is 17.3. The molecule has 2 N–H and O–H groups in total. The third-order valence-electron chi connectivity index (χ3n) is 6.38. The van der Waals surface area contributed by atoms with Crippen LogP contribution in [0.3, 0.4) is 0 Å². The molecular formula is C25H25ClF3N7O3. The molecule has 1 aromatic carbocycles. The summed E-state index contributed by atoms with van der Waals surface area (Å²) in [5, 5.41) is 10.9. The van der Waals surface area contributed by atoms with Crippen molar-refractivity contribution in [3.05, 3.63) is 57.7 Å². The van der Waals surface area contributed by atoms with Crippen LogP contribution in [0, 0.1) is 0 Å². The quantitative estimate of drug-likeness (QED) is 0.340. The van der Waals surface area contributed by atoms with Crippen LogP contribution in [0.15, 0.2) is 41.5 Å². The third kappa shape index (κ3) is 5.23. The second kappa shape index (κ2) is 10.0. The van der Waals surface area contributed by atoms with Crippen LogP contribution < -0.4 is 20.9 Å². The zero-order valence-electron chi connectivity index (χ0n) is 21.3. The Labute approximate surface area is 225 Å². The first-order valence-corrected chi connectivity index (χ1v) is 12.4. The number of aryl methyl sites for hydroxylation is 1. The average molecular weight is 564 g/mol. The number of rotatable bonds is 6. The van der Waals surface area contributed by atoms with Gasteiger partial charge in [-0.2, -0.15) is 23.3 Å². The Hall–Kier alpha value is -3.84. The first-order chi connectivity index (χ1) is 18.5. The Morgan fingerprint density at radius 3 is 2.82 bits per heavy atom. The molecule has 0 fully saturated rings. The zero-order chi connectivity index (χ0) is 27.9. The number of halogens is 4. The SMILES string of the molecule is CCOCC1(C)CCOc2c(c3cc(Nc4nc(-n5ccc(C(F)(F)F)n5)ncc4Cl)ccc3n(C)c2=O)N1. The van der Waals surface area contributed by atoms with Crippen LogP contribution in [-0.4, -0.2) is 49.7 Å². The number of anilines is 3. The summed E-state index contributed by atoms with van der Waals surface area (Å²) in [7, 11) is 1.67. The number of nitrogens with zero attached hydrogens (tertiary/aromatic N) is 5. The summed E-state index contributed by atoms with van der Waals surface area (Å²) in [6.45, 7) is 5.23. The smallest absolute Gasteiger partial charge is 0.435 e. The van der Waals surface area contributed by atoms with Crippen LogP contribution in [0.4, 0.5) is 30.4 Å². The predicted molar refractivity (Wildman–Crippen MR) is 140 cm³/mol. The lowest BCUT2D eigenvalue weighted by molar-refractivity contribution is -0.141. The lowest BCUT2D eigenvalue weighted by Gasteiger charge is -2.30. The fraction of sp³-hybridized carbons (Fsp3) is 0.360. The maximum atomic E-state index is 13.1. The van der Waals surface area contributed by atoms with Crippen molar-refractivity contribution in [2.75, 3.05) is 30.5 Å². The monoisotopic (exact) mass is 563 g/mol. The number of aromatic nitrogens is 5. The number of hydrogen-bond donors (Lipinski definition) is 2. The Kier molecular flexibility index (Phi) is 6.89. The highest BCUT2D eigenvalue weighted by Crippen LogP contribution is 2.37. The van der Waals surface area contributed by atoms with Gasteiger partial charge in [0.15, 0.2) is 11.5 Å². The van der Waals surface area contributed by atoms with Gasteiger partial charge in [-0.25, -0.2) is 9.67 Å². The molecule has 0 radical (unpaired) electrons. The Bertz CT molecular complexity index is 1600. The number of alkyl halides is 3. The van der Waals surface area contributed by atoms with Gasteiger partial charge in [-0.05, 0) is 38.1 Å². The summed E-state index contributed by atoms with van der Waals surface area (Å²) >= 11 is 6.31. The van der Waals surface area contributed by atoms with Gasteiger partial charge < -0.3 is 24.7 Å². The van der Waals surface area contributed by atoms with E-state index in [1.165, 1.54) is 10.8 Å². The molecule has 14 heteroatoms. The predicted octanol–water partition coefficient (Wildman–Crippen LogP) is 4.92. The molecule has 1 aliphatic rings. The van der Waals surface area contributed by atoms with Gasteiger partial charge >= 0.3 is 6.18 Å². The minimum absolute atomic E-state index is 0.101. The number of fused-ring (bicyclic) bond motifs is 3. The minimum atomic E-state index is -4.60. The molecule has 0 amide bonds. The van der Waals surface area contributed by atoms with Gasteiger partial charge in [0.05, 0.1) is 36.2 Å². The van der Waals surface area contributed by atoms with Gasteiger partial charge in [0.2, 0.25) is 5.75 Å². The molecule has 1 aliphatic heterocycles. The van der Waals surface area contributed by atoms with Crippen molar-refractivity contribution in [3.8, 4) is 11.7 Å². The van der Waals surface area contributed by atoms with E-state index in [0.717, 1.165) is 16.9 Å². The van der Waals surface area contributed by atoms with Crippen molar-refractivity contribution in [2.45, 2.75) is 32.0 Å². The molecule has 3 aromatic heterocycles. The van der Waals surface area contributed by atoms with E-state index in [0.29, 0.717) is 48.5 Å². The van der Waals surface area contributed by atoms with Crippen molar-refractivity contribution in [3.63, 3.8) is 0 Å². The van der Waals surface area contributed by atoms with E-state index in [1.54, 1.807) is 19.2 Å². The van der Waals surface area contributed by atoms with Crippen LogP contribution in [0.25, 0.3) is 16.9 Å². The highest BCUT2D eigenvalue weighted by molar-refractivity contribution is 6.32. The van der Waals surface area contributed by atoms with E-state index in [2.05, 4.69) is 25.7 Å². The van der Waals surface area contributed by atoms with Crippen molar-refractivity contribution < 1.29 is 22.6 Å². The molecular weight excluding hydrogens is 539 g/mol. The molecule has 0 aliphatic carbocycles. The number of hydrogen-bond acceptors (Lipinski definition) is 8. The van der Waals surface area contributed by atoms with E-state index in [-0.39, 0.29) is 28.1 Å². The van der Waals surface area contributed by atoms with Gasteiger partial charge in [0, 0.05) is 37.3 Å². The molecule has 39 heavy (non-hydrogen) atoms. The topological polar surface area (TPSA) is 108 Å². The largest absolute Gasteiger partial charge is 0.486 e. The molecule has 5 rings (SSSR count). The van der Waals surface area contributed by atoms with E-state index < -0.39 is 17.4 Å². The van der Waals surface area contributed by atoms with Crippen molar-refractivity contribution in [2.24, 2.45) is 7.05 Å². The zero-order valence-corrected chi connectivity index (χ0v) is 22.0. The molecule has 4 aromatic rings. The van der Waals surface area contributed by atoms with E-state index >= 15 is 0 Å². The molecule has 0 saturated heterocycles. The van der Waals surface area contributed by atoms with Gasteiger partial charge in [-0.1, -0.05) is 11.6 Å². The minimum Gasteiger partial charge on any atom is -0.486 e. The molecule has 206 valence electrons. The summed E-state index contributed by atoms with van der Waals surface area (Å²) in [6.07, 6.45) is -1.59. The highest BCUT2D eigenvalue weighted by Gasteiger charge is 2.34. The molecule has 4 heterocycles. The second-order valence-corrected chi connectivity index (χ2v) is 9.76. The highest BCUT2D eigenvalue weighted by atomic mass is 35.5. The standard InChI is InChI=1S/C25H25ClF3N7O3/c1-4-38-13-24(2)8-10-39-20-19(33-24)15-11-14(5-6-17(15)35(3)22(20)37)31-21-16(26)12-30-23(32-21)36-9-7-18(34-36)25(27,28)29/h5-7,9,11-12,33H,4,8,10,13H2,1-3H3,(H,30,31,32). The summed E-state index contributed by atoms with van der Waals surface area (Å²) in [5.74, 6) is 0.270. The molecule has 0 spiro atoms. The summed E-state index contributed by atoms with van der Waals surface area (Å²) in [6, 6.07) is 6.15. The maximum absolute atomic E-state index is 13.1. The summed E-state index contributed by atoms with van der Waals surface area (Å²) in [4.78, 5) is 21.4. The Morgan fingerprint density at radius 1 is 1.31 bits per heavy atom. The van der Waals surface area contributed by atoms with E-state index in [1.807, 2.05) is 19.9 Å². The van der Waals surface area contributed by atoms with Crippen LogP contribution in [0.5, 0.6) is 5.75 Å². The third-order valence-corrected chi connectivity index (χ3v) is 6.66. The van der Waals surface area contributed by atoms with Gasteiger partial charge in [-0.3, -0.25) is 4.79 Å². The number of ether oxygens (including phenoxy) is 2. The maximum Gasteiger partial charge on any atom is 0.435 e. The van der Waals surface area contributed by atoms with Crippen LogP contribution in [0.1, 0.15) is 26.0 Å². The van der Waals surface area contributed by atoms with Crippen LogP contribution in [-0.2, 0) is 18.0 Å². The van der Waals surface area contributed by atoms with Crippen LogP contribution >= 0.6 is 11.6 Å². The van der Waals surface area contributed by atoms with Crippen molar-refractivity contribution >= 4 is 39.7 Å². The van der Waals surface area contributed by atoms with Gasteiger partial charge in [-0.15, -0.1) is 0 Å². The molecule has 0 bridgehead atoms. The Morgan fingerprint density at radius 2 is 2.10 bits per heavy atom. The lowest BCUT2D eigenvalue weighted by atomic mass is 9.98. The van der Waals surface area contributed by atoms with Gasteiger partial charge in [0.1, 0.15) is 5.02 Å². The average Bonchev–Trinajstić information content (AvgIpc) is 3.33. The number of nitrogens with one attached hydrogen (secondary N) is 2. The van der Waals surface area contributed by atoms with E-state index in [4.69, 9.17) is 21.1 Å². The molecule has 10 nitrogen and oxygen atoms in total. The van der Waals surface area contributed by atoms with Crippen molar-refractivity contribution in [1.82, 2.24) is 24.3 Å². The lowest BCUT2D eigenvalue weighted by Crippen LogP contribution is -2.40. The van der Waals surface area contributed by atoms with Crippen molar-refractivity contribution in [1.29, 1.82) is 0 Å². The molecule has 1 unspecified atom stereocenters. The summed E-state index contributed by atoms with van der Waals surface area (Å²) < 4.78 is 53.0. The fourth-order valence-electron chi connectivity index (χ4n) is 4.31. The van der Waals surface area contributed by atoms with Gasteiger partial charge in [0.25, 0.3) is 11.5 Å².